The number of amides is 1. The summed E-state index contributed by atoms with van der Waals surface area (Å²) in [4.78, 5) is 18.6. The van der Waals surface area contributed by atoms with E-state index in [0.29, 0.717) is 17.0 Å². The van der Waals surface area contributed by atoms with Gasteiger partial charge < -0.3 is 4.90 Å². The van der Waals surface area contributed by atoms with E-state index in [9.17, 15) is 4.79 Å². The van der Waals surface area contributed by atoms with Gasteiger partial charge in [-0.3, -0.25) is 4.79 Å². The maximum absolute atomic E-state index is 12.4. The van der Waals surface area contributed by atoms with Gasteiger partial charge in [0.25, 0.3) is 0 Å². The molecule has 0 N–H and O–H groups in total. The van der Waals surface area contributed by atoms with Crippen molar-refractivity contribution in [2.75, 3.05) is 12.8 Å². The largest absolute Gasteiger partial charge is 0.342 e. The number of carbonyl (C=O) groups is 1. The third kappa shape index (κ3) is 4.17. The molecule has 0 bridgehead atoms. The fourth-order valence-electron chi connectivity index (χ4n) is 3.08. The first-order chi connectivity index (χ1) is 11.6. The summed E-state index contributed by atoms with van der Waals surface area (Å²) in [5.41, 5.74) is 0.969. The first-order valence-electron chi connectivity index (χ1n) is 8.49. The number of nitrogens with zero attached hydrogens (tertiary/aromatic N) is 4. The molecule has 5 nitrogen and oxygen atoms in total. The fourth-order valence-corrected chi connectivity index (χ4v) is 3.80. The predicted octanol–water partition coefficient (Wildman–Crippen LogP) is 3.40. The number of carbonyl (C=O) groups excluding carboxylic acids is 1. The Morgan fingerprint density at radius 1 is 1.25 bits per heavy atom. The molecule has 0 radical (unpaired) electrons. The Balaban J connectivity index is 1.52. The van der Waals surface area contributed by atoms with Crippen LogP contribution in [-0.2, 0) is 4.79 Å². The lowest BCUT2D eigenvalue weighted by Crippen LogP contribution is -2.40. The van der Waals surface area contributed by atoms with E-state index in [2.05, 4.69) is 17.0 Å². The molecule has 24 heavy (non-hydrogen) atoms. The van der Waals surface area contributed by atoms with Crippen LogP contribution in [0.2, 0.25) is 0 Å². The number of hydrogen-bond acceptors (Lipinski definition) is 4. The summed E-state index contributed by atoms with van der Waals surface area (Å²) >= 11 is 1.40. The maximum Gasteiger partial charge on any atom is 0.233 e. The van der Waals surface area contributed by atoms with Crippen molar-refractivity contribution in [1.82, 2.24) is 19.7 Å². The van der Waals surface area contributed by atoms with Gasteiger partial charge in [-0.05, 0) is 43.7 Å². The molecule has 1 amide bonds. The summed E-state index contributed by atoms with van der Waals surface area (Å²) in [6.45, 7) is 2.29. The van der Waals surface area contributed by atoms with Crippen LogP contribution in [0.15, 0.2) is 41.8 Å². The van der Waals surface area contributed by atoms with Gasteiger partial charge in [0.05, 0.1) is 11.4 Å². The van der Waals surface area contributed by atoms with Gasteiger partial charge in [0, 0.05) is 13.1 Å². The molecule has 0 atom stereocenters. The van der Waals surface area contributed by atoms with Gasteiger partial charge in [-0.25, -0.2) is 9.67 Å². The highest BCUT2D eigenvalue weighted by Crippen LogP contribution is 2.27. The molecule has 3 rings (SSSR count). The van der Waals surface area contributed by atoms with E-state index >= 15 is 0 Å². The first-order valence-corrected chi connectivity index (χ1v) is 9.47. The first kappa shape index (κ1) is 17.0. The molecule has 6 heteroatoms. The fraction of sp³-hybridized carbons (Fsp3) is 0.500. The molecule has 1 aliphatic carbocycles. The van der Waals surface area contributed by atoms with Crippen LogP contribution in [0.25, 0.3) is 5.69 Å². The van der Waals surface area contributed by atoms with Crippen LogP contribution in [0.5, 0.6) is 0 Å². The number of benzene rings is 1. The topological polar surface area (TPSA) is 51.0 Å². The third-order valence-corrected chi connectivity index (χ3v) is 5.58. The van der Waals surface area contributed by atoms with Crippen LogP contribution >= 0.6 is 11.8 Å². The van der Waals surface area contributed by atoms with E-state index in [0.717, 1.165) is 24.4 Å². The minimum absolute atomic E-state index is 0.163. The molecule has 1 aliphatic rings. The SMILES string of the molecule is CC1CCC(N(C)C(=O)CSc2ncn(-c3ccccc3)n2)CC1. The van der Waals surface area contributed by atoms with Gasteiger partial charge in [0.1, 0.15) is 6.33 Å². The van der Waals surface area contributed by atoms with Crippen LogP contribution < -0.4 is 0 Å². The lowest BCUT2D eigenvalue weighted by molar-refractivity contribution is -0.129. The van der Waals surface area contributed by atoms with E-state index in [-0.39, 0.29) is 5.91 Å². The molecule has 1 saturated carbocycles. The second kappa shape index (κ2) is 7.83. The van der Waals surface area contributed by atoms with Gasteiger partial charge in [-0.15, -0.1) is 5.10 Å². The highest BCUT2D eigenvalue weighted by atomic mass is 32.2. The van der Waals surface area contributed by atoms with Crippen LogP contribution in [0, 0.1) is 5.92 Å². The van der Waals surface area contributed by atoms with E-state index in [1.807, 2.05) is 42.3 Å². The van der Waals surface area contributed by atoms with Crippen molar-refractivity contribution in [2.45, 2.75) is 43.8 Å². The predicted molar refractivity (Wildman–Crippen MR) is 96.3 cm³/mol. The summed E-state index contributed by atoms with van der Waals surface area (Å²) in [5.74, 6) is 1.35. The zero-order chi connectivity index (χ0) is 16.9. The average Bonchev–Trinajstić information content (AvgIpc) is 3.09. The Bertz CT molecular complexity index is 665. The summed E-state index contributed by atoms with van der Waals surface area (Å²) in [6, 6.07) is 10.2. The Labute approximate surface area is 147 Å². The second-order valence-corrected chi connectivity index (χ2v) is 7.46. The smallest absolute Gasteiger partial charge is 0.233 e. The van der Waals surface area contributed by atoms with Gasteiger partial charge in [-0.1, -0.05) is 36.9 Å². The summed E-state index contributed by atoms with van der Waals surface area (Å²) in [5, 5.41) is 5.07. The number of hydrogen-bond donors (Lipinski definition) is 0. The minimum atomic E-state index is 0.163. The quantitative estimate of drug-likeness (QED) is 0.780. The highest BCUT2D eigenvalue weighted by molar-refractivity contribution is 7.99. The number of thioether (sulfide) groups is 1. The van der Waals surface area contributed by atoms with E-state index < -0.39 is 0 Å². The van der Waals surface area contributed by atoms with Gasteiger partial charge in [0.15, 0.2) is 0 Å². The molecule has 1 heterocycles. The third-order valence-electron chi connectivity index (χ3n) is 4.74. The van der Waals surface area contributed by atoms with Crippen molar-refractivity contribution in [3.63, 3.8) is 0 Å². The van der Waals surface area contributed by atoms with Crippen molar-refractivity contribution in [2.24, 2.45) is 5.92 Å². The van der Waals surface area contributed by atoms with Crippen LogP contribution in [-0.4, -0.2) is 44.4 Å². The standard InChI is InChI=1S/C18H24N4OS/c1-14-8-10-15(11-9-14)21(2)17(23)12-24-18-19-13-22(20-18)16-6-4-3-5-7-16/h3-7,13-15H,8-12H2,1-2H3. The van der Waals surface area contributed by atoms with Crippen molar-refractivity contribution < 1.29 is 4.79 Å². The molecule has 1 fully saturated rings. The lowest BCUT2D eigenvalue weighted by atomic mass is 9.87. The van der Waals surface area contributed by atoms with Crippen molar-refractivity contribution in [1.29, 1.82) is 0 Å². The average molecular weight is 344 g/mol. The highest BCUT2D eigenvalue weighted by Gasteiger charge is 2.24. The van der Waals surface area contributed by atoms with Crippen molar-refractivity contribution in [3.8, 4) is 5.69 Å². The molecular formula is C18H24N4OS. The maximum atomic E-state index is 12.4. The molecule has 128 valence electrons. The van der Waals surface area contributed by atoms with Crippen LogP contribution in [0.3, 0.4) is 0 Å². The molecule has 0 unspecified atom stereocenters. The Morgan fingerprint density at radius 2 is 1.96 bits per heavy atom. The summed E-state index contributed by atoms with van der Waals surface area (Å²) in [6.07, 6.45) is 6.37. The summed E-state index contributed by atoms with van der Waals surface area (Å²) in [7, 11) is 1.93. The Morgan fingerprint density at radius 3 is 2.67 bits per heavy atom. The molecule has 1 aromatic heterocycles. The zero-order valence-electron chi connectivity index (χ0n) is 14.3. The van der Waals surface area contributed by atoms with E-state index in [4.69, 9.17) is 0 Å². The van der Waals surface area contributed by atoms with Crippen LogP contribution in [0.4, 0.5) is 0 Å². The van der Waals surface area contributed by atoms with E-state index in [1.54, 1.807) is 11.0 Å². The molecule has 0 saturated heterocycles. The molecular weight excluding hydrogens is 320 g/mol. The van der Waals surface area contributed by atoms with E-state index in [1.165, 1.54) is 24.6 Å². The number of rotatable bonds is 5. The number of aromatic nitrogens is 3. The monoisotopic (exact) mass is 344 g/mol. The Hall–Kier alpha value is -1.82. The van der Waals surface area contributed by atoms with Gasteiger partial charge >= 0.3 is 0 Å². The normalized spacial score (nSPS) is 20.8. The Kier molecular flexibility index (Phi) is 5.56. The van der Waals surface area contributed by atoms with Crippen LogP contribution in [0.1, 0.15) is 32.6 Å². The second-order valence-electron chi connectivity index (χ2n) is 6.51. The zero-order valence-corrected chi connectivity index (χ0v) is 15.1. The van der Waals surface area contributed by atoms with Gasteiger partial charge in [-0.2, -0.15) is 0 Å². The molecule has 1 aromatic carbocycles. The lowest BCUT2D eigenvalue weighted by Gasteiger charge is -2.33. The van der Waals surface area contributed by atoms with Crippen molar-refractivity contribution in [3.05, 3.63) is 36.7 Å². The summed E-state index contributed by atoms with van der Waals surface area (Å²) < 4.78 is 1.74. The molecule has 0 aliphatic heterocycles. The van der Waals surface area contributed by atoms with Gasteiger partial charge in [0.2, 0.25) is 11.1 Å². The molecule has 0 spiro atoms. The van der Waals surface area contributed by atoms with Crippen molar-refractivity contribution >= 4 is 17.7 Å². The minimum Gasteiger partial charge on any atom is -0.342 e. The number of para-hydroxylation sites is 1. The molecule has 2 aromatic rings.